The number of hydrogen-bond donors (Lipinski definition) is 1. The van der Waals surface area contributed by atoms with E-state index < -0.39 is 5.97 Å². The zero-order valence-electron chi connectivity index (χ0n) is 12.3. The number of carboxylic acid groups (broad SMARTS) is 1. The number of carbonyl (C=O) groups excluding carboxylic acids is 1. The van der Waals surface area contributed by atoms with Crippen molar-refractivity contribution in [2.24, 2.45) is 0 Å². The molecule has 0 radical (unpaired) electrons. The highest BCUT2D eigenvalue weighted by Crippen LogP contribution is 2.16. The number of carbonyl (C=O) groups is 2. The fraction of sp³-hybridized carbons (Fsp3) is 0.286. The maximum Gasteiger partial charge on any atom is 0.358 e. The lowest BCUT2D eigenvalue weighted by Gasteiger charge is -2.17. The van der Waals surface area contributed by atoms with Gasteiger partial charge in [-0.25, -0.2) is 9.48 Å². The van der Waals surface area contributed by atoms with Crippen LogP contribution in [0.25, 0.3) is 0 Å². The Hall–Kier alpha value is -2.61. The predicted molar refractivity (Wildman–Crippen MR) is 81.6 cm³/mol. The van der Waals surface area contributed by atoms with Crippen LogP contribution in [0.1, 0.15) is 10.5 Å². The van der Waals surface area contributed by atoms with E-state index in [1.807, 2.05) is 0 Å². The SMILES string of the molecule is CN(CCOc1cccc(Cl)c1)C(=O)Cn1cc(C(=O)O)nn1. The van der Waals surface area contributed by atoms with Gasteiger partial charge in [-0.3, -0.25) is 4.79 Å². The number of aromatic nitrogens is 3. The molecule has 2 aromatic rings. The van der Waals surface area contributed by atoms with Crippen molar-refractivity contribution in [1.82, 2.24) is 19.9 Å². The number of hydrogen-bond acceptors (Lipinski definition) is 5. The van der Waals surface area contributed by atoms with Crippen molar-refractivity contribution < 1.29 is 19.4 Å². The monoisotopic (exact) mass is 338 g/mol. The summed E-state index contributed by atoms with van der Waals surface area (Å²) in [7, 11) is 1.62. The van der Waals surface area contributed by atoms with Crippen LogP contribution in [-0.4, -0.2) is 57.1 Å². The molecule has 8 nitrogen and oxygen atoms in total. The van der Waals surface area contributed by atoms with Gasteiger partial charge in [0.15, 0.2) is 5.69 Å². The highest BCUT2D eigenvalue weighted by Gasteiger charge is 2.13. The Balaban J connectivity index is 1.79. The summed E-state index contributed by atoms with van der Waals surface area (Å²) in [6.07, 6.45) is 1.20. The van der Waals surface area contributed by atoms with Gasteiger partial charge in [0, 0.05) is 12.1 Å². The van der Waals surface area contributed by atoms with E-state index in [-0.39, 0.29) is 18.1 Å². The summed E-state index contributed by atoms with van der Waals surface area (Å²) in [6, 6.07) is 6.98. The quantitative estimate of drug-likeness (QED) is 0.813. The molecule has 1 aromatic carbocycles. The Morgan fingerprint density at radius 3 is 2.87 bits per heavy atom. The number of ether oxygens (including phenoxy) is 1. The Kier molecular flexibility index (Phi) is 5.53. The fourth-order valence-corrected chi connectivity index (χ4v) is 1.90. The molecule has 1 heterocycles. The fourth-order valence-electron chi connectivity index (χ4n) is 1.71. The van der Waals surface area contributed by atoms with Crippen molar-refractivity contribution in [2.45, 2.75) is 6.54 Å². The molecule has 0 saturated carbocycles. The van der Waals surface area contributed by atoms with Crippen LogP contribution in [0.5, 0.6) is 5.75 Å². The molecule has 0 saturated heterocycles. The molecule has 23 heavy (non-hydrogen) atoms. The zero-order valence-corrected chi connectivity index (χ0v) is 13.1. The first-order valence-corrected chi connectivity index (χ1v) is 7.09. The molecule has 0 atom stereocenters. The normalized spacial score (nSPS) is 10.3. The van der Waals surface area contributed by atoms with Gasteiger partial charge < -0.3 is 14.7 Å². The van der Waals surface area contributed by atoms with Crippen molar-refractivity contribution in [1.29, 1.82) is 0 Å². The maximum absolute atomic E-state index is 12.0. The first kappa shape index (κ1) is 16.8. The first-order valence-electron chi connectivity index (χ1n) is 6.71. The van der Waals surface area contributed by atoms with Crippen LogP contribution in [-0.2, 0) is 11.3 Å². The Morgan fingerprint density at radius 2 is 2.22 bits per heavy atom. The summed E-state index contributed by atoms with van der Waals surface area (Å²) >= 11 is 5.85. The molecule has 0 fully saturated rings. The molecule has 1 N–H and O–H groups in total. The van der Waals surface area contributed by atoms with Gasteiger partial charge in [0.05, 0.1) is 12.7 Å². The Bertz CT molecular complexity index is 704. The molecule has 1 aromatic heterocycles. The number of nitrogens with zero attached hydrogens (tertiary/aromatic N) is 4. The number of carboxylic acids is 1. The van der Waals surface area contributed by atoms with Gasteiger partial charge in [0.1, 0.15) is 18.9 Å². The van der Waals surface area contributed by atoms with Crippen LogP contribution in [0.4, 0.5) is 0 Å². The third-order valence-electron chi connectivity index (χ3n) is 2.97. The Labute approximate surface area is 137 Å². The van der Waals surface area contributed by atoms with Crippen molar-refractivity contribution >= 4 is 23.5 Å². The van der Waals surface area contributed by atoms with Crippen molar-refractivity contribution in [3.05, 3.63) is 41.2 Å². The van der Waals surface area contributed by atoms with Crippen LogP contribution in [0.2, 0.25) is 5.02 Å². The molecule has 0 aliphatic carbocycles. The van der Waals surface area contributed by atoms with Crippen LogP contribution >= 0.6 is 11.6 Å². The van der Waals surface area contributed by atoms with Crippen molar-refractivity contribution in [3.8, 4) is 5.75 Å². The average molecular weight is 339 g/mol. The van der Waals surface area contributed by atoms with Gasteiger partial charge in [-0.05, 0) is 18.2 Å². The number of amides is 1. The number of aromatic carboxylic acids is 1. The molecule has 0 aliphatic heterocycles. The minimum absolute atomic E-state index is 0.0893. The molecule has 9 heteroatoms. The molecular formula is C14H15ClN4O4. The molecule has 0 bridgehead atoms. The second-order valence-corrected chi connectivity index (χ2v) is 5.16. The molecule has 2 rings (SSSR count). The van der Waals surface area contributed by atoms with E-state index in [0.29, 0.717) is 23.9 Å². The third kappa shape index (κ3) is 4.96. The molecule has 0 unspecified atom stereocenters. The largest absolute Gasteiger partial charge is 0.492 e. The summed E-state index contributed by atoms with van der Waals surface area (Å²) in [5.41, 5.74) is -0.204. The lowest BCUT2D eigenvalue weighted by molar-refractivity contribution is -0.131. The number of halogens is 1. The third-order valence-corrected chi connectivity index (χ3v) is 3.21. The van der Waals surface area contributed by atoms with Crippen molar-refractivity contribution in [3.63, 3.8) is 0 Å². The van der Waals surface area contributed by atoms with Crippen molar-refractivity contribution in [2.75, 3.05) is 20.2 Å². The summed E-state index contributed by atoms with van der Waals surface area (Å²) in [4.78, 5) is 24.2. The van der Waals surface area contributed by atoms with E-state index in [1.165, 1.54) is 15.8 Å². The number of rotatable bonds is 7. The first-order chi connectivity index (χ1) is 11.0. The van der Waals surface area contributed by atoms with Gasteiger partial charge in [-0.1, -0.05) is 22.9 Å². The van der Waals surface area contributed by atoms with E-state index in [4.69, 9.17) is 21.4 Å². The van der Waals surface area contributed by atoms with Crippen LogP contribution in [0.15, 0.2) is 30.5 Å². The van der Waals surface area contributed by atoms with E-state index in [0.717, 1.165) is 0 Å². The summed E-state index contributed by atoms with van der Waals surface area (Å²) in [5, 5.41) is 16.4. The molecular weight excluding hydrogens is 324 g/mol. The second kappa shape index (κ2) is 7.59. The highest BCUT2D eigenvalue weighted by atomic mass is 35.5. The van der Waals surface area contributed by atoms with E-state index in [9.17, 15) is 9.59 Å². The van der Waals surface area contributed by atoms with Gasteiger partial charge in [-0.15, -0.1) is 5.10 Å². The lowest BCUT2D eigenvalue weighted by Crippen LogP contribution is -2.33. The lowest BCUT2D eigenvalue weighted by atomic mass is 10.3. The van der Waals surface area contributed by atoms with E-state index >= 15 is 0 Å². The predicted octanol–water partition coefficient (Wildman–Crippen LogP) is 1.17. The van der Waals surface area contributed by atoms with E-state index in [1.54, 1.807) is 31.3 Å². The van der Waals surface area contributed by atoms with Crippen LogP contribution in [0.3, 0.4) is 0 Å². The minimum atomic E-state index is -1.19. The molecule has 0 spiro atoms. The Morgan fingerprint density at radius 1 is 1.43 bits per heavy atom. The van der Waals surface area contributed by atoms with Gasteiger partial charge in [0.25, 0.3) is 0 Å². The van der Waals surface area contributed by atoms with E-state index in [2.05, 4.69) is 10.3 Å². The standard InChI is InChI=1S/C14H15ClN4O4/c1-18(5-6-23-11-4-2-3-10(15)7-11)13(20)9-19-8-12(14(21)22)16-17-19/h2-4,7-8H,5-6,9H2,1H3,(H,21,22). The number of benzene rings is 1. The zero-order chi connectivity index (χ0) is 16.8. The average Bonchev–Trinajstić information content (AvgIpc) is 2.96. The van der Waals surface area contributed by atoms with Crippen LogP contribution < -0.4 is 4.74 Å². The van der Waals surface area contributed by atoms with Gasteiger partial charge in [0.2, 0.25) is 5.91 Å². The van der Waals surface area contributed by atoms with Gasteiger partial charge >= 0.3 is 5.97 Å². The minimum Gasteiger partial charge on any atom is -0.492 e. The summed E-state index contributed by atoms with van der Waals surface area (Å²) < 4.78 is 6.68. The summed E-state index contributed by atoms with van der Waals surface area (Å²) in [5.74, 6) is -0.797. The highest BCUT2D eigenvalue weighted by molar-refractivity contribution is 6.30. The van der Waals surface area contributed by atoms with Crippen LogP contribution in [0, 0.1) is 0 Å². The maximum atomic E-state index is 12.0. The molecule has 1 amide bonds. The topological polar surface area (TPSA) is 97.5 Å². The number of likely N-dealkylation sites (N-methyl/N-ethyl adjacent to an activating group) is 1. The summed E-state index contributed by atoms with van der Waals surface area (Å²) in [6.45, 7) is 0.583. The molecule has 0 aliphatic rings. The van der Waals surface area contributed by atoms with Gasteiger partial charge in [-0.2, -0.15) is 0 Å². The smallest absolute Gasteiger partial charge is 0.358 e. The second-order valence-electron chi connectivity index (χ2n) is 4.73. The molecule has 122 valence electrons.